The van der Waals surface area contributed by atoms with Crippen molar-refractivity contribution in [3.05, 3.63) is 59.9 Å². The normalized spacial score (nSPS) is 22.4. The molecule has 2 saturated heterocycles. The van der Waals surface area contributed by atoms with Crippen molar-refractivity contribution in [1.29, 1.82) is 0 Å². The highest BCUT2D eigenvalue weighted by Gasteiger charge is 2.43. The van der Waals surface area contributed by atoms with Crippen LogP contribution in [-0.4, -0.2) is 68.5 Å². The molecule has 1 unspecified atom stereocenters. The lowest BCUT2D eigenvalue weighted by Crippen LogP contribution is -2.51. The van der Waals surface area contributed by atoms with Crippen LogP contribution < -0.4 is 5.32 Å². The zero-order valence-corrected chi connectivity index (χ0v) is 22.3. The lowest BCUT2D eigenvalue weighted by atomic mass is 10.0. The van der Waals surface area contributed by atoms with E-state index in [1.54, 1.807) is 18.0 Å². The van der Waals surface area contributed by atoms with Crippen LogP contribution in [0.25, 0.3) is 0 Å². The van der Waals surface area contributed by atoms with Gasteiger partial charge in [0.25, 0.3) is 0 Å². The average Bonchev–Trinajstić information content (AvgIpc) is 3.22. The van der Waals surface area contributed by atoms with Crippen LogP contribution in [-0.2, 0) is 16.1 Å². The number of thioether (sulfide) groups is 1. The van der Waals surface area contributed by atoms with Gasteiger partial charge in [0.2, 0.25) is 11.8 Å². The number of pyridine rings is 1. The molecule has 5 rings (SSSR count). The third-order valence-corrected chi connectivity index (χ3v) is 8.95. The van der Waals surface area contributed by atoms with Gasteiger partial charge in [-0.2, -0.15) is 0 Å². The topological polar surface area (TPSA) is 85.9 Å². The molecular weight excluding hydrogens is 486 g/mol. The highest BCUT2D eigenvalue weighted by Crippen LogP contribution is 2.44. The summed E-state index contributed by atoms with van der Waals surface area (Å²) in [7, 11) is 0. The van der Waals surface area contributed by atoms with Gasteiger partial charge >= 0.3 is 6.03 Å². The lowest BCUT2D eigenvalue weighted by molar-refractivity contribution is -0.137. The number of urea groups is 1. The van der Waals surface area contributed by atoms with E-state index >= 15 is 0 Å². The highest BCUT2D eigenvalue weighted by molar-refractivity contribution is 8.01. The van der Waals surface area contributed by atoms with Crippen LogP contribution in [0.1, 0.15) is 56.2 Å². The molecule has 0 bridgehead atoms. The van der Waals surface area contributed by atoms with Gasteiger partial charge in [-0.25, -0.2) is 4.79 Å². The van der Waals surface area contributed by atoms with E-state index in [1.807, 2.05) is 57.2 Å². The Bertz CT molecular complexity index is 1140. The molecule has 2 atom stereocenters. The molecule has 3 aliphatic heterocycles. The molecule has 0 spiro atoms. The Morgan fingerprint density at radius 2 is 1.86 bits per heavy atom. The lowest BCUT2D eigenvalue weighted by Gasteiger charge is -2.40. The van der Waals surface area contributed by atoms with Crippen molar-refractivity contribution < 1.29 is 14.4 Å². The maximum absolute atomic E-state index is 13.4. The number of piperidine rings is 1. The van der Waals surface area contributed by atoms with E-state index in [1.165, 1.54) is 0 Å². The molecule has 2 fully saturated rings. The van der Waals surface area contributed by atoms with Crippen LogP contribution in [0.3, 0.4) is 0 Å². The smallest absolute Gasteiger partial charge is 0.322 e. The number of anilines is 1. The van der Waals surface area contributed by atoms with Crippen molar-refractivity contribution in [2.24, 2.45) is 5.92 Å². The van der Waals surface area contributed by atoms with E-state index in [-0.39, 0.29) is 35.7 Å². The number of fused-ring (bicyclic) bond motifs is 1. The fraction of sp³-hybridized carbons (Fsp3) is 0.500. The molecule has 2 aromatic rings. The summed E-state index contributed by atoms with van der Waals surface area (Å²) in [5, 5.41) is 2.44. The molecule has 196 valence electrons. The van der Waals surface area contributed by atoms with Gasteiger partial charge in [-0.15, -0.1) is 11.8 Å². The fourth-order valence-electron chi connectivity index (χ4n) is 5.33. The second kappa shape index (κ2) is 11.1. The molecule has 0 radical (unpaired) electrons. The summed E-state index contributed by atoms with van der Waals surface area (Å²) in [6, 6.07) is 13.7. The van der Waals surface area contributed by atoms with E-state index in [9.17, 15) is 14.4 Å². The van der Waals surface area contributed by atoms with Crippen molar-refractivity contribution in [1.82, 2.24) is 19.7 Å². The number of likely N-dealkylation sites (tertiary alicyclic amines) is 1. The van der Waals surface area contributed by atoms with Crippen LogP contribution in [0.5, 0.6) is 0 Å². The van der Waals surface area contributed by atoms with Crippen molar-refractivity contribution in [3.63, 3.8) is 0 Å². The molecule has 9 heteroatoms. The standard InChI is InChI=1S/C28H35N5O3S/c1-19(2)10-16-32-26(35)24(37-27(32)23-9-5-6-13-29-23)17-25(34)31-14-11-21(12-15-31)33-18-20-7-3-4-8-22(20)30-28(33)36/h3-9,13,19,21,24,27H,10-12,14-18H2,1-2H3,(H,30,36)/t24-,27?/m0/s1. The molecule has 3 aliphatic rings. The van der Waals surface area contributed by atoms with Crippen LogP contribution in [0, 0.1) is 5.92 Å². The van der Waals surface area contributed by atoms with E-state index in [4.69, 9.17) is 0 Å². The predicted octanol–water partition coefficient (Wildman–Crippen LogP) is 4.50. The van der Waals surface area contributed by atoms with E-state index in [0.29, 0.717) is 32.1 Å². The Morgan fingerprint density at radius 3 is 2.59 bits per heavy atom. The minimum Gasteiger partial charge on any atom is -0.342 e. The quantitative estimate of drug-likeness (QED) is 0.580. The first-order valence-electron chi connectivity index (χ1n) is 13.2. The average molecular weight is 522 g/mol. The summed E-state index contributed by atoms with van der Waals surface area (Å²) in [4.78, 5) is 49.5. The highest BCUT2D eigenvalue weighted by atomic mass is 32.2. The predicted molar refractivity (Wildman–Crippen MR) is 145 cm³/mol. The third-order valence-electron chi connectivity index (χ3n) is 7.50. The van der Waals surface area contributed by atoms with Gasteiger partial charge in [-0.05, 0) is 48.9 Å². The SMILES string of the molecule is CC(C)CCN1C(=O)[C@H](CC(=O)N2CCC(N3Cc4ccccc4NC3=O)CC2)SC1c1ccccn1. The fourth-order valence-corrected chi connectivity index (χ4v) is 6.77. The Kier molecular flexibility index (Phi) is 7.69. The number of hydrogen-bond donors (Lipinski definition) is 1. The number of rotatable bonds is 7. The largest absolute Gasteiger partial charge is 0.342 e. The summed E-state index contributed by atoms with van der Waals surface area (Å²) in [6.45, 7) is 6.76. The Balaban J connectivity index is 1.18. The van der Waals surface area contributed by atoms with Crippen molar-refractivity contribution in [2.45, 2.75) is 62.7 Å². The molecule has 37 heavy (non-hydrogen) atoms. The number of nitrogens with zero attached hydrogens (tertiary/aromatic N) is 4. The van der Waals surface area contributed by atoms with Crippen molar-refractivity contribution in [3.8, 4) is 0 Å². The number of carbonyl (C=O) groups is 3. The van der Waals surface area contributed by atoms with Gasteiger partial charge in [0.1, 0.15) is 5.37 Å². The van der Waals surface area contributed by atoms with Gasteiger partial charge < -0.3 is 20.0 Å². The van der Waals surface area contributed by atoms with Crippen molar-refractivity contribution >= 4 is 35.3 Å². The number of carbonyl (C=O) groups excluding carboxylic acids is 3. The molecule has 4 heterocycles. The first kappa shape index (κ1) is 25.6. The Hall–Kier alpha value is -3.07. The molecule has 8 nitrogen and oxygen atoms in total. The maximum Gasteiger partial charge on any atom is 0.322 e. The van der Waals surface area contributed by atoms with Gasteiger partial charge in [-0.3, -0.25) is 14.6 Å². The number of nitrogens with one attached hydrogen (secondary N) is 1. The molecule has 0 saturated carbocycles. The number of aromatic nitrogens is 1. The van der Waals surface area contributed by atoms with E-state index in [0.717, 1.165) is 36.2 Å². The van der Waals surface area contributed by atoms with Crippen LogP contribution in [0.4, 0.5) is 10.5 Å². The molecule has 4 amide bonds. The summed E-state index contributed by atoms with van der Waals surface area (Å²) in [5.41, 5.74) is 2.85. The van der Waals surface area contributed by atoms with E-state index < -0.39 is 5.25 Å². The van der Waals surface area contributed by atoms with Crippen LogP contribution in [0.2, 0.25) is 0 Å². The van der Waals surface area contributed by atoms with Gasteiger partial charge in [0.05, 0.1) is 10.9 Å². The molecular formula is C28H35N5O3S. The number of para-hydroxylation sites is 1. The first-order valence-corrected chi connectivity index (χ1v) is 14.1. The number of hydrogen-bond acceptors (Lipinski definition) is 5. The first-order chi connectivity index (χ1) is 17.9. The molecule has 1 aromatic heterocycles. The van der Waals surface area contributed by atoms with Crippen molar-refractivity contribution in [2.75, 3.05) is 25.0 Å². The molecule has 1 aromatic carbocycles. The molecule has 1 N–H and O–H groups in total. The monoisotopic (exact) mass is 521 g/mol. The van der Waals surface area contributed by atoms with Gasteiger partial charge in [-0.1, -0.05) is 38.1 Å². The Morgan fingerprint density at radius 1 is 1.11 bits per heavy atom. The second-order valence-corrected chi connectivity index (χ2v) is 11.8. The second-order valence-electron chi connectivity index (χ2n) is 10.5. The van der Waals surface area contributed by atoms with Crippen LogP contribution in [0.15, 0.2) is 48.7 Å². The number of benzene rings is 1. The van der Waals surface area contributed by atoms with E-state index in [2.05, 4.69) is 24.1 Å². The summed E-state index contributed by atoms with van der Waals surface area (Å²) in [6.07, 6.45) is 4.35. The van der Waals surface area contributed by atoms with Gasteiger partial charge in [0.15, 0.2) is 0 Å². The minimum atomic E-state index is -0.395. The summed E-state index contributed by atoms with van der Waals surface area (Å²) >= 11 is 1.55. The molecule has 0 aliphatic carbocycles. The zero-order valence-electron chi connectivity index (χ0n) is 21.5. The summed E-state index contributed by atoms with van der Waals surface area (Å²) < 4.78 is 0. The summed E-state index contributed by atoms with van der Waals surface area (Å²) in [5.74, 6) is 0.538. The maximum atomic E-state index is 13.4. The Labute approximate surface area is 222 Å². The zero-order chi connectivity index (χ0) is 25.9. The van der Waals surface area contributed by atoms with Gasteiger partial charge in [0, 0.05) is 50.5 Å². The minimum absolute atomic E-state index is 0.0169. The van der Waals surface area contributed by atoms with Crippen LogP contribution >= 0.6 is 11.8 Å². The third kappa shape index (κ3) is 5.61. The number of amides is 4.